The summed E-state index contributed by atoms with van der Waals surface area (Å²) in [6.07, 6.45) is 0.260. The molecule has 0 radical (unpaired) electrons. The molecule has 0 aliphatic carbocycles. The van der Waals surface area contributed by atoms with Crippen molar-refractivity contribution in [2.24, 2.45) is 0 Å². The lowest BCUT2D eigenvalue weighted by Crippen LogP contribution is -2.69. The molecule has 0 heterocycles. The van der Waals surface area contributed by atoms with Crippen LogP contribution in [-0.2, 0) is 20.0 Å². The monoisotopic (exact) mass is 705 g/mol. The van der Waals surface area contributed by atoms with Crippen LogP contribution in [0.15, 0.2) is 0 Å². The van der Waals surface area contributed by atoms with Gasteiger partial charge in [0.25, 0.3) is 0 Å². The van der Waals surface area contributed by atoms with E-state index in [1.165, 1.54) is 0 Å². The van der Waals surface area contributed by atoms with Gasteiger partial charge < -0.3 is 0 Å². The molecule has 0 fully saturated rings. The Morgan fingerprint density at radius 1 is 0.548 bits per heavy atom. The van der Waals surface area contributed by atoms with E-state index in [0.717, 1.165) is 0 Å². The fraction of sp³-hybridized carbons (Fsp3) is 1.00. The summed E-state index contributed by atoms with van der Waals surface area (Å²) in [6.45, 7) is 0. The van der Waals surface area contributed by atoms with Crippen LogP contribution in [0.1, 0.15) is 0 Å². The topological polar surface area (TPSA) is 71.5 Å². The van der Waals surface area contributed by atoms with Crippen molar-refractivity contribution in [1.82, 2.24) is 3.12 Å². The van der Waals surface area contributed by atoms with Crippen LogP contribution in [0.4, 0.5) is 26.3 Å². The maximum Gasteiger partial charge on any atom is 0.513 e. The highest BCUT2D eigenvalue weighted by atomic mass is 35.6. The molecular formula is C8H6Cl9F6NO4S3. The lowest BCUT2D eigenvalue weighted by atomic mass is 10.2. The fourth-order valence-electron chi connectivity index (χ4n) is 2.23. The van der Waals surface area contributed by atoms with Crippen LogP contribution in [0.5, 0.6) is 0 Å². The molecule has 23 heteroatoms. The number of rotatable bonds is 4. The van der Waals surface area contributed by atoms with Gasteiger partial charge in [-0.05, 0) is 15.6 Å². The average Bonchev–Trinajstić information content (AvgIpc) is 2.27. The number of sulfonamides is 2. The van der Waals surface area contributed by atoms with E-state index in [4.69, 9.17) is 104 Å². The lowest BCUT2D eigenvalue weighted by molar-refractivity contribution is -0.0505. The van der Waals surface area contributed by atoms with Crippen molar-refractivity contribution in [3.63, 3.8) is 0 Å². The van der Waals surface area contributed by atoms with E-state index < -0.39 is 60.5 Å². The largest absolute Gasteiger partial charge is 0.513 e. The summed E-state index contributed by atoms with van der Waals surface area (Å²) in [7, 11) is -20.1. The molecule has 190 valence electrons. The summed E-state index contributed by atoms with van der Waals surface area (Å²) in [5, 5.41) is 0. The Hall–Kier alpha value is 2.40. The molecule has 0 rings (SSSR count). The summed E-state index contributed by atoms with van der Waals surface area (Å²) in [5.41, 5.74) is -13.3. The minimum atomic E-state index is -7.47. The van der Waals surface area contributed by atoms with Gasteiger partial charge in [0.05, 0.1) is 0 Å². The van der Waals surface area contributed by atoms with Gasteiger partial charge in [-0.25, -0.2) is 16.8 Å². The smallest absolute Gasteiger partial charge is 0.201 e. The number of alkyl halides is 15. The third-order valence-corrected chi connectivity index (χ3v) is 16.6. The molecule has 0 aromatic carbocycles. The van der Waals surface area contributed by atoms with Gasteiger partial charge in [0.15, 0.2) is 4.75 Å². The third-order valence-electron chi connectivity index (χ3n) is 3.30. The predicted molar refractivity (Wildman–Crippen MR) is 115 cm³/mol. The average molecular weight is 709 g/mol. The van der Waals surface area contributed by atoms with E-state index in [2.05, 4.69) is 0 Å². The number of hydrogen-bond donors (Lipinski definition) is 0. The first-order valence-corrected chi connectivity index (χ1v) is 14.9. The Labute approximate surface area is 218 Å². The van der Waals surface area contributed by atoms with Crippen LogP contribution in [0.3, 0.4) is 0 Å². The van der Waals surface area contributed by atoms with Gasteiger partial charge in [-0.2, -0.15) is 26.3 Å². The third kappa shape index (κ3) is 5.41. The molecular weight excluding hydrogens is 703 g/mol. The van der Waals surface area contributed by atoms with Crippen LogP contribution in [0.25, 0.3) is 0 Å². The minimum Gasteiger partial charge on any atom is -0.201 e. The Bertz CT molecular complexity index is 822. The number of hydrogen-bond acceptors (Lipinski definition) is 4. The van der Waals surface area contributed by atoms with Crippen molar-refractivity contribution in [2.45, 2.75) is 27.1 Å². The van der Waals surface area contributed by atoms with E-state index in [0.29, 0.717) is 0 Å². The zero-order chi connectivity index (χ0) is 26.1. The molecule has 0 saturated carbocycles. The molecule has 0 aliphatic heterocycles. The molecule has 0 aromatic rings. The Kier molecular flexibility index (Phi) is 9.75. The van der Waals surface area contributed by atoms with Crippen molar-refractivity contribution in [2.75, 3.05) is 12.5 Å². The van der Waals surface area contributed by atoms with Gasteiger partial charge in [-0.3, -0.25) is 0 Å². The van der Waals surface area contributed by atoms with Crippen molar-refractivity contribution < 1.29 is 43.2 Å². The molecule has 0 spiro atoms. The lowest BCUT2D eigenvalue weighted by Gasteiger charge is -2.61. The van der Waals surface area contributed by atoms with E-state index in [1.807, 2.05) is 0 Å². The first-order valence-electron chi connectivity index (χ1n) is 6.23. The SMILES string of the molecule is CS(C)(N(S(=O)(=O)C(F)(F)F)S(=O)(=O)C(F)(F)F)C(C(Cl)(Cl)Cl)(C(Cl)(Cl)Cl)C(Cl)(Cl)Cl. The highest BCUT2D eigenvalue weighted by molar-refractivity contribution is 8.41. The number of halogens is 15. The van der Waals surface area contributed by atoms with E-state index in [9.17, 15) is 43.2 Å². The maximum absolute atomic E-state index is 13.3. The molecule has 0 bridgehead atoms. The van der Waals surface area contributed by atoms with Crippen LogP contribution < -0.4 is 0 Å². The van der Waals surface area contributed by atoms with E-state index in [-0.39, 0.29) is 12.5 Å². The quantitative estimate of drug-likeness (QED) is 0.238. The summed E-state index contributed by atoms with van der Waals surface area (Å²) in [6, 6.07) is 0. The second-order valence-corrected chi connectivity index (χ2v) is 20.1. The summed E-state index contributed by atoms with van der Waals surface area (Å²) in [4.78, 5) is 0. The molecule has 0 aliphatic rings. The Balaban J connectivity index is 8.16. The van der Waals surface area contributed by atoms with Crippen molar-refractivity contribution in [3.8, 4) is 0 Å². The molecule has 0 atom stereocenters. The van der Waals surface area contributed by atoms with Gasteiger partial charge in [0, 0.05) is 0 Å². The normalized spacial score (nSPS) is 17.2. The molecule has 0 amide bonds. The summed E-state index contributed by atoms with van der Waals surface area (Å²) < 4.78 is 112. The van der Waals surface area contributed by atoms with Gasteiger partial charge in [0.1, 0.15) is 0 Å². The zero-order valence-corrected chi connectivity index (χ0v) is 23.2. The maximum atomic E-state index is 13.3. The van der Waals surface area contributed by atoms with Crippen molar-refractivity contribution in [1.29, 1.82) is 0 Å². The molecule has 5 nitrogen and oxygen atoms in total. The van der Waals surface area contributed by atoms with E-state index in [1.54, 1.807) is 0 Å². The number of nitrogens with zero attached hydrogens (tertiary/aromatic N) is 1. The van der Waals surface area contributed by atoms with Crippen LogP contribution in [0.2, 0.25) is 0 Å². The second kappa shape index (κ2) is 9.05. The molecule has 31 heavy (non-hydrogen) atoms. The first-order chi connectivity index (χ1) is 12.9. The van der Waals surface area contributed by atoms with Crippen LogP contribution >= 0.6 is 115 Å². The molecule has 0 unspecified atom stereocenters. The van der Waals surface area contributed by atoms with Gasteiger partial charge in [-0.1, -0.05) is 104 Å². The standard InChI is InChI=1S/C8H6Cl9F6NO4S3/c1-29(2,3(4(9,10)11,5(12,13)14)6(15,16)17)24(30(25,26)7(18,19)20)31(27,28)8(21,22)23/h1-2H3. The Morgan fingerprint density at radius 2 is 0.742 bits per heavy atom. The van der Waals surface area contributed by atoms with Crippen LogP contribution in [-0.4, -0.2) is 59.6 Å². The Morgan fingerprint density at radius 3 is 0.871 bits per heavy atom. The summed E-state index contributed by atoms with van der Waals surface area (Å²) in [5.74, 6) is 0. The minimum absolute atomic E-state index is 0.130. The first kappa shape index (κ1) is 33.4. The zero-order valence-electron chi connectivity index (χ0n) is 14.0. The van der Waals surface area contributed by atoms with Crippen LogP contribution in [0, 0.1) is 0 Å². The van der Waals surface area contributed by atoms with Gasteiger partial charge >= 0.3 is 31.1 Å². The van der Waals surface area contributed by atoms with E-state index >= 15 is 0 Å². The van der Waals surface area contributed by atoms with Crippen molar-refractivity contribution >= 4 is 135 Å². The summed E-state index contributed by atoms with van der Waals surface area (Å²) >= 11 is 50.8. The van der Waals surface area contributed by atoms with Gasteiger partial charge in [-0.15, -0.1) is 10.2 Å². The van der Waals surface area contributed by atoms with Crippen molar-refractivity contribution in [3.05, 3.63) is 0 Å². The molecule has 0 aromatic heterocycles. The predicted octanol–water partition coefficient (Wildman–Crippen LogP) is 6.82. The second-order valence-electron chi connectivity index (χ2n) is 5.51. The highest BCUT2D eigenvalue weighted by Gasteiger charge is 2.81. The molecule has 0 N–H and O–H groups in total. The fourth-order valence-corrected chi connectivity index (χ4v) is 20.1. The highest BCUT2D eigenvalue weighted by Crippen LogP contribution is 2.79. The van der Waals surface area contributed by atoms with Gasteiger partial charge in [0.2, 0.25) is 11.4 Å². The molecule has 0 saturated heterocycles.